The lowest BCUT2D eigenvalue weighted by atomic mass is 10.1. The van der Waals surface area contributed by atoms with Crippen LogP contribution in [0.5, 0.6) is 0 Å². The number of nitrogens with zero attached hydrogens (tertiary/aromatic N) is 1. The number of carbonyl (C=O) groups is 1. The largest absolute Gasteiger partial charge is 0.338 e. The number of carbonyl (C=O) groups excluding carboxylic acids is 1. The molecule has 0 unspecified atom stereocenters. The van der Waals surface area contributed by atoms with Gasteiger partial charge in [-0.15, -0.1) is 11.3 Å². The zero-order valence-corrected chi connectivity index (χ0v) is 14.5. The first-order chi connectivity index (χ1) is 10.5. The van der Waals surface area contributed by atoms with Crippen molar-refractivity contribution in [3.05, 3.63) is 38.9 Å². The average molecular weight is 356 g/mol. The molecular formula is C14H16N2O3S3. The first-order valence-electron chi connectivity index (χ1n) is 6.83. The highest BCUT2D eigenvalue weighted by molar-refractivity contribution is 7.91. The molecular weight excluding hydrogens is 340 g/mol. The average Bonchev–Trinajstić information content (AvgIpc) is 3.13. The maximum atomic E-state index is 12.4. The standard InChI is InChI=1S/C14H16N2O3S3/c1-10(17)16-4-2-13-12(8-16)6-14(21-13)22(18,19)15-7-11-3-5-20-9-11/h3,5-6,9,15H,2,4,7-8H2,1H3. The molecule has 0 aromatic carbocycles. The lowest BCUT2D eigenvalue weighted by Crippen LogP contribution is -2.33. The van der Waals surface area contributed by atoms with Gasteiger partial charge in [0.2, 0.25) is 15.9 Å². The first kappa shape index (κ1) is 15.7. The smallest absolute Gasteiger partial charge is 0.250 e. The highest BCUT2D eigenvalue weighted by atomic mass is 32.2. The predicted molar refractivity (Wildman–Crippen MR) is 87.5 cm³/mol. The van der Waals surface area contributed by atoms with Gasteiger partial charge in [-0.1, -0.05) is 0 Å². The Morgan fingerprint density at radius 2 is 2.27 bits per heavy atom. The zero-order valence-electron chi connectivity index (χ0n) is 12.0. The number of nitrogens with one attached hydrogen (secondary N) is 1. The molecule has 0 bridgehead atoms. The number of fused-ring (bicyclic) bond motifs is 1. The lowest BCUT2D eigenvalue weighted by Gasteiger charge is -2.25. The van der Waals surface area contributed by atoms with Crippen molar-refractivity contribution in [2.45, 2.75) is 30.6 Å². The van der Waals surface area contributed by atoms with Crippen LogP contribution in [0.25, 0.3) is 0 Å². The summed E-state index contributed by atoms with van der Waals surface area (Å²) in [5, 5.41) is 3.84. The van der Waals surface area contributed by atoms with E-state index in [1.54, 1.807) is 22.3 Å². The van der Waals surface area contributed by atoms with Crippen LogP contribution >= 0.6 is 22.7 Å². The monoisotopic (exact) mass is 356 g/mol. The van der Waals surface area contributed by atoms with E-state index in [0.29, 0.717) is 23.8 Å². The van der Waals surface area contributed by atoms with Gasteiger partial charge in [0.25, 0.3) is 0 Å². The number of thiophene rings is 2. The van der Waals surface area contributed by atoms with Gasteiger partial charge in [-0.2, -0.15) is 11.3 Å². The van der Waals surface area contributed by atoms with Crippen LogP contribution in [-0.4, -0.2) is 25.8 Å². The molecule has 0 fully saturated rings. The van der Waals surface area contributed by atoms with Crippen molar-refractivity contribution >= 4 is 38.6 Å². The maximum absolute atomic E-state index is 12.4. The molecule has 1 aliphatic rings. The Morgan fingerprint density at radius 1 is 1.45 bits per heavy atom. The topological polar surface area (TPSA) is 66.5 Å². The van der Waals surface area contributed by atoms with Crippen molar-refractivity contribution in [1.82, 2.24) is 9.62 Å². The van der Waals surface area contributed by atoms with Crippen molar-refractivity contribution in [2.24, 2.45) is 0 Å². The van der Waals surface area contributed by atoms with Crippen molar-refractivity contribution in [3.8, 4) is 0 Å². The molecule has 0 saturated carbocycles. The van der Waals surface area contributed by atoms with E-state index in [2.05, 4.69) is 4.72 Å². The van der Waals surface area contributed by atoms with Crippen molar-refractivity contribution < 1.29 is 13.2 Å². The normalized spacial score (nSPS) is 14.9. The fourth-order valence-corrected chi connectivity index (χ4v) is 5.62. The van der Waals surface area contributed by atoms with Crippen LogP contribution in [0.1, 0.15) is 22.9 Å². The summed E-state index contributed by atoms with van der Waals surface area (Å²) in [7, 11) is -3.50. The van der Waals surface area contributed by atoms with Crippen LogP contribution in [0, 0.1) is 0 Å². The Morgan fingerprint density at radius 3 is 2.95 bits per heavy atom. The molecule has 0 atom stereocenters. The maximum Gasteiger partial charge on any atom is 0.250 e. The molecule has 0 spiro atoms. The van der Waals surface area contributed by atoms with Gasteiger partial charge < -0.3 is 4.90 Å². The Hall–Kier alpha value is -1.22. The van der Waals surface area contributed by atoms with E-state index in [9.17, 15) is 13.2 Å². The summed E-state index contributed by atoms with van der Waals surface area (Å²) in [6, 6.07) is 3.60. The SMILES string of the molecule is CC(=O)N1CCc2sc(S(=O)(=O)NCc3ccsc3)cc2C1. The predicted octanol–water partition coefficient (Wildman–Crippen LogP) is 2.19. The summed E-state index contributed by atoms with van der Waals surface area (Å²) in [6.45, 7) is 3.00. The molecule has 3 rings (SSSR count). The second-order valence-electron chi connectivity index (χ2n) is 5.16. The van der Waals surface area contributed by atoms with Gasteiger partial charge in [0.15, 0.2) is 0 Å². The van der Waals surface area contributed by atoms with Crippen LogP contribution < -0.4 is 4.72 Å². The van der Waals surface area contributed by atoms with Crippen molar-refractivity contribution in [1.29, 1.82) is 0 Å². The van der Waals surface area contributed by atoms with E-state index in [0.717, 1.165) is 22.4 Å². The van der Waals surface area contributed by atoms with Gasteiger partial charge >= 0.3 is 0 Å². The van der Waals surface area contributed by atoms with Gasteiger partial charge in [-0.25, -0.2) is 13.1 Å². The molecule has 0 radical (unpaired) electrons. The molecule has 1 aliphatic heterocycles. The second kappa shape index (κ2) is 6.11. The van der Waals surface area contributed by atoms with Crippen LogP contribution in [0.15, 0.2) is 27.1 Å². The molecule has 118 valence electrons. The minimum absolute atomic E-state index is 0.0249. The fraction of sp³-hybridized carbons (Fsp3) is 0.357. The summed E-state index contributed by atoms with van der Waals surface area (Å²) >= 11 is 2.85. The van der Waals surface area contributed by atoms with E-state index in [1.807, 2.05) is 16.8 Å². The minimum Gasteiger partial charge on any atom is -0.338 e. The molecule has 5 nitrogen and oxygen atoms in total. The van der Waals surface area contributed by atoms with Crippen molar-refractivity contribution in [3.63, 3.8) is 0 Å². The molecule has 2 aromatic rings. The third kappa shape index (κ3) is 3.24. The molecule has 1 N–H and O–H groups in total. The highest BCUT2D eigenvalue weighted by Gasteiger charge is 2.25. The molecule has 0 aliphatic carbocycles. The van der Waals surface area contributed by atoms with E-state index in [4.69, 9.17) is 0 Å². The number of rotatable bonds is 4. The molecule has 3 heterocycles. The summed E-state index contributed by atoms with van der Waals surface area (Å²) in [6.07, 6.45) is 0.722. The van der Waals surface area contributed by atoms with E-state index < -0.39 is 10.0 Å². The molecule has 0 saturated heterocycles. The van der Waals surface area contributed by atoms with Crippen LogP contribution in [0.3, 0.4) is 0 Å². The quantitative estimate of drug-likeness (QED) is 0.913. The van der Waals surface area contributed by atoms with Gasteiger partial charge in [-0.3, -0.25) is 4.79 Å². The number of amides is 1. The third-order valence-corrected chi connectivity index (χ3v) is 7.44. The summed E-state index contributed by atoms with van der Waals surface area (Å²) < 4.78 is 27.7. The minimum atomic E-state index is -3.50. The van der Waals surface area contributed by atoms with E-state index in [-0.39, 0.29) is 5.91 Å². The molecule has 8 heteroatoms. The van der Waals surface area contributed by atoms with Crippen LogP contribution in [0.2, 0.25) is 0 Å². The molecule has 2 aromatic heterocycles. The Kier molecular flexibility index (Phi) is 4.35. The number of hydrogen-bond acceptors (Lipinski definition) is 5. The molecule has 22 heavy (non-hydrogen) atoms. The summed E-state index contributed by atoms with van der Waals surface area (Å²) in [5.41, 5.74) is 1.90. The number of sulfonamides is 1. The van der Waals surface area contributed by atoms with Crippen LogP contribution in [0.4, 0.5) is 0 Å². The first-order valence-corrected chi connectivity index (χ1v) is 10.1. The van der Waals surface area contributed by atoms with Crippen LogP contribution in [-0.2, 0) is 34.3 Å². The van der Waals surface area contributed by atoms with Gasteiger partial charge in [-0.05, 0) is 40.4 Å². The third-order valence-electron chi connectivity index (χ3n) is 3.60. The van der Waals surface area contributed by atoms with Crippen molar-refractivity contribution in [2.75, 3.05) is 6.54 Å². The van der Waals surface area contributed by atoms with E-state index in [1.165, 1.54) is 18.3 Å². The van der Waals surface area contributed by atoms with E-state index >= 15 is 0 Å². The summed E-state index contributed by atoms with van der Waals surface area (Å²) in [5.74, 6) is 0.0249. The number of hydrogen-bond donors (Lipinski definition) is 1. The van der Waals surface area contributed by atoms with Gasteiger partial charge in [0, 0.05) is 31.4 Å². The Labute approximate surface area is 137 Å². The summed E-state index contributed by atoms with van der Waals surface area (Å²) in [4.78, 5) is 14.2. The molecule has 1 amide bonds. The highest BCUT2D eigenvalue weighted by Crippen LogP contribution is 2.31. The second-order valence-corrected chi connectivity index (χ2v) is 9.07. The lowest BCUT2D eigenvalue weighted by molar-refractivity contribution is -0.129. The zero-order chi connectivity index (χ0) is 15.7. The van der Waals surface area contributed by atoms with Gasteiger partial charge in [0.1, 0.15) is 4.21 Å². The Balaban J connectivity index is 1.76. The van der Waals surface area contributed by atoms with Gasteiger partial charge in [0.05, 0.1) is 0 Å². The fourth-order valence-electron chi connectivity index (χ4n) is 2.35. The Bertz CT molecular complexity index is 778.